The third-order valence-corrected chi connectivity index (χ3v) is 10.2. The first-order chi connectivity index (χ1) is 27.0. The summed E-state index contributed by atoms with van der Waals surface area (Å²) in [6.07, 6.45) is 29.2. The van der Waals surface area contributed by atoms with E-state index in [0.717, 1.165) is 51.4 Å². The van der Waals surface area contributed by atoms with Crippen molar-refractivity contribution < 1.29 is 56.8 Å². The smallest absolute Gasteiger partial charge is 0.306 e. The van der Waals surface area contributed by atoms with Crippen molar-refractivity contribution >= 4 is 22.1 Å². The lowest BCUT2D eigenvalue weighted by Gasteiger charge is -2.40. The van der Waals surface area contributed by atoms with E-state index in [9.17, 15) is 37.9 Å². The van der Waals surface area contributed by atoms with E-state index < -0.39 is 71.2 Å². The minimum absolute atomic E-state index is 0.0881. The Morgan fingerprint density at radius 3 is 1.64 bits per heavy atom. The molecule has 6 atom stereocenters. The molecule has 56 heavy (non-hydrogen) atoms. The maximum absolute atomic E-state index is 12.7. The van der Waals surface area contributed by atoms with Crippen molar-refractivity contribution in [2.75, 3.05) is 19.0 Å². The normalized spacial score (nSPS) is 21.1. The monoisotopic (exact) mass is 814 g/mol. The highest BCUT2D eigenvalue weighted by Crippen LogP contribution is 2.24. The lowest BCUT2D eigenvalue weighted by atomic mass is 10.00. The number of unbranched alkanes of at least 4 members (excludes halogenated alkanes) is 14. The molecule has 13 heteroatoms. The van der Waals surface area contributed by atoms with Gasteiger partial charge in [-0.3, -0.25) is 14.1 Å². The SMILES string of the molecule is CCCCCCCCC/C=C/C/C=C/C/C=C/C/C=C/CCCC(=O)O[C@H](COC(=O)CCCCCCCCC)CO[C@H]1O[C@H](CS(=O)(=O)O)[C@@H](O)C(O)C1O. The predicted molar refractivity (Wildman–Crippen MR) is 219 cm³/mol. The van der Waals surface area contributed by atoms with E-state index in [1.807, 2.05) is 12.2 Å². The zero-order valence-corrected chi connectivity index (χ0v) is 35.0. The standard InChI is InChI=1S/C43H74O12S/c1-3-5-7-9-11-12-13-14-15-16-17-18-19-20-21-22-23-24-26-28-30-32-39(45)54-36(33-52-38(44)31-29-27-25-10-8-6-4-2)34-53-43-42(48)41(47)40(46)37(55-43)35-56(49,50)51/h15-16,18-19,21-22,24,26,36-37,40-43,46-48H,3-14,17,20,23,25,27-35H2,1-2H3,(H,49,50,51)/b16-15+,19-18+,22-21+,26-24+/t36-,37-,40-,41?,42?,43+/m1/s1. The summed E-state index contributed by atoms with van der Waals surface area (Å²) in [5.41, 5.74) is 0. The summed E-state index contributed by atoms with van der Waals surface area (Å²) in [7, 11) is -4.60. The Morgan fingerprint density at radius 1 is 0.607 bits per heavy atom. The molecule has 1 aliphatic heterocycles. The molecule has 0 amide bonds. The first-order valence-corrected chi connectivity index (χ1v) is 22.8. The van der Waals surface area contributed by atoms with Gasteiger partial charge in [0.2, 0.25) is 0 Å². The van der Waals surface area contributed by atoms with Crippen LogP contribution in [-0.2, 0) is 38.7 Å². The van der Waals surface area contributed by atoms with Crippen LogP contribution in [0.1, 0.15) is 155 Å². The molecule has 0 radical (unpaired) electrons. The fraction of sp³-hybridized carbons (Fsp3) is 0.767. The largest absolute Gasteiger partial charge is 0.462 e. The highest BCUT2D eigenvalue weighted by molar-refractivity contribution is 7.85. The summed E-state index contributed by atoms with van der Waals surface area (Å²) in [6.45, 7) is 3.63. The molecule has 0 saturated carbocycles. The van der Waals surface area contributed by atoms with Crippen LogP contribution in [0.5, 0.6) is 0 Å². The van der Waals surface area contributed by atoms with E-state index in [1.165, 1.54) is 57.8 Å². The molecule has 0 bridgehead atoms. The summed E-state index contributed by atoms with van der Waals surface area (Å²) >= 11 is 0. The van der Waals surface area contributed by atoms with Gasteiger partial charge in [0.1, 0.15) is 36.8 Å². The Morgan fingerprint density at radius 2 is 1.09 bits per heavy atom. The van der Waals surface area contributed by atoms with Crippen LogP contribution in [0.15, 0.2) is 48.6 Å². The van der Waals surface area contributed by atoms with E-state index in [0.29, 0.717) is 19.3 Å². The van der Waals surface area contributed by atoms with Crippen molar-refractivity contribution in [3.8, 4) is 0 Å². The van der Waals surface area contributed by atoms with Gasteiger partial charge in [-0.15, -0.1) is 0 Å². The molecule has 2 unspecified atom stereocenters. The highest BCUT2D eigenvalue weighted by Gasteiger charge is 2.46. The number of esters is 2. The van der Waals surface area contributed by atoms with E-state index in [-0.39, 0.29) is 19.4 Å². The fourth-order valence-corrected chi connectivity index (χ4v) is 6.77. The first kappa shape index (κ1) is 51.6. The second-order valence-electron chi connectivity index (χ2n) is 14.7. The van der Waals surface area contributed by atoms with Crippen LogP contribution in [0.25, 0.3) is 0 Å². The van der Waals surface area contributed by atoms with Crippen LogP contribution in [0, 0.1) is 0 Å². The molecule has 0 aromatic heterocycles. The summed E-state index contributed by atoms with van der Waals surface area (Å²) in [5.74, 6) is -2.07. The number of ether oxygens (including phenoxy) is 4. The average Bonchev–Trinajstić information content (AvgIpc) is 3.16. The van der Waals surface area contributed by atoms with Crippen LogP contribution in [0.2, 0.25) is 0 Å². The molecule has 0 aliphatic carbocycles. The Kier molecular flexibility index (Phi) is 30.9. The minimum Gasteiger partial charge on any atom is -0.462 e. The number of hydrogen-bond donors (Lipinski definition) is 4. The van der Waals surface area contributed by atoms with Crippen LogP contribution < -0.4 is 0 Å². The predicted octanol–water partition coefficient (Wildman–Crippen LogP) is 8.00. The molecular formula is C43H74O12S. The molecule has 324 valence electrons. The third kappa shape index (κ3) is 28.1. The third-order valence-electron chi connectivity index (χ3n) is 9.41. The first-order valence-electron chi connectivity index (χ1n) is 21.2. The van der Waals surface area contributed by atoms with Gasteiger partial charge >= 0.3 is 11.9 Å². The van der Waals surface area contributed by atoms with Gasteiger partial charge in [0, 0.05) is 12.8 Å². The summed E-state index contributed by atoms with van der Waals surface area (Å²) < 4.78 is 53.7. The molecule has 1 rings (SSSR count). The molecule has 0 aromatic carbocycles. The lowest BCUT2D eigenvalue weighted by Crippen LogP contribution is -2.60. The van der Waals surface area contributed by atoms with Crippen LogP contribution in [0.3, 0.4) is 0 Å². The quantitative estimate of drug-likeness (QED) is 0.0213. The number of rotatable bonds is 34. The van der Waals surface area contributed by atoms with Crippen molar-refractivity contribution in [1.29, 1.82) is 0 Å². The Hall–Kier alpha value is -2.39. The van der Waals surface area contributed by atoms with E-state index in [4.69, 9.17) is 18.9 Å². The second-order valence-corrected chi connectivity index (χ2v) is 16.2. The number of aliphatic hydroxyl groups is 3. The van der Waals surface area contributed by atoms with Crippen molar-refractivity contribution in [3.05, 3.63) is 48.6 Å². The van der Waals surface area contributed by atoms with Gasteiger partial charge in [-0.05, 0) is 51.4 Å². The van der Waals surface area contributed by atoms with Gasteiger partial charge in [0.25, 0.3) is 10.1 Å². The molecule has 4 N–H and O–H groups in total. The van der Waals surface area contributed by atoms with Crippen molar-refractivity contribution in [3.63, 3.8) is 0 Å². The van der Waals surface area contributed by atoms with Crippen molar-refractivity contribution in [2.45, 2.75) is 192 Å². The zero-order valence-electron chi connectivity index (χ0n) is 34.2. The average molecular weight is 815 g/mol. The van der Waals surface area contributed by atoms with Crippen LogP contribution in [0.4, 0.5) is 0 Å². The second kappa shape index (κ2) is 33.6. The Bertz CT molecular complexity index is 1230. The van der Waals surface area contributed by atoms with Gasteiger partial charge in [0.15, 0.2) is 12.4 Å². The molecule has 0 spiro atoms. The highest BCUT2D eigenvalue weighted by atomic mass is 32.2. The number of carbonyl (C=O) groups is 2. The van der Waals surface area contributed by atoms with E-state index in [1.54, 1.807) is 0 Å². The number of aliphatic hydroxyl groups excluding tert-OH is 3. The van der Waals surface area contributed by atoms with Gasteiger partial charge < -0.3 is 34.3 Å². The topological polar surface area (TPSA) is 186 Å². The van der Waals surface area contributed by atoms with Crippen LogP contribution in [-0.4, -0.2) is 96.0 Å². The summed E-state index contributed by atoms with van der Waals surface area (Å²) in [6, 6.07) is 0. The van der Waals surface area contributed by atoms with Gasteiger partial charge in [-0.2, -0.15) is 8.42 Å². The summed E-state index contributed by atoms with van der Waals surface area (Å²) in [5, 5.41) is 30.7. The minimum atomic E-state index is -4.60. The van der Waals surface area contributed by atoms with E-state index >= 15 is 0 Å². The maximum atomic E-state index is 12.7. The Balaban J connectivity index is 2.47. The number of hydrogen-bond acceptors (Lipinski definition) is 11. The zero-order chi connectivity index (χ0) is 41.3. The van der Waals surface area contributed by atoms with E-state index in [2.05, 4.69) is 50.3 Å². The molecular weight excluding hydrogens is 741 g/mol. The lowest BCUT2D eigenvalue weighted by molar-refractivity contribution is -0.297. The van der Waals surface area contributed by atoms with Gasteiger partial charge in [-0.25, -0.2) is 0 Å². The molecule has 1 saturated heterocycles. The van der Waals surface area contributed by atoms with Crippen LogP contribution >= 0.6 is 0 Å². The fourth-order valence-electron chi connectivity index (χ4n) is 6.08. The van der Waals surface area contributed by atoms with Crippen molar-refractivity contribution in [2.24, 2.45) is 0 Å². The molecule has 1 aliphatic rings. The Labute approximate surface area is 337 Å². The number of carbonyl (C=O) groups excluding carboxylic acids is 2. The molecule has 12 nitrogen and oxygen atoms in total. The van der Waals surface area contributed by atoms with Gasteiger partial charge in [0.05, 0.1) is 6.61 Å². The van der Waals surface area contributed by atoms with Crippen molar-refractivity contribution in [1.82, 2.24) is 0 Å². The summed E-state index contributed by atoms with van der Waals surface area (Å²) in [4.78, 5) is 25.2. The molecule has 1 fully saturated rings. The van der Waals surface area contributed by atoms with Gasteiger partial charge in [-0.1, -0.05) is 140 Å². The number of allylic oxidation sites excluding steroid dienone is 8. The molecule has 1 heterocycles. The maximum Gasteiger partial charge on any atom is 0.306 e. The molecule has 0 aromatic rings.